The van der Waals surface area contributed by atoms with Crippen LogP contribution < -0.4 is 0 Å². The van der Waals surface area contributed by atoms with Crippen LogP contribution in [-0.2, 0) is 27.9 Å². The lowest BCUT2D eigenvalue weighted by molar-refractivity contribution is -0.870. The van der Waals surface area contributed by atoms with Crippen molar-refractivity contribution in [3.8, 4) is 0 Å². The second-order valence-corrected chi connectivity index (χ2v) is 17.4. The number of hydrogen-bond acceptors (Lipinski definition) is 7. The summed E-state index contributed by atoms with van der Waals surface area (Å²) in [6.45, 7) is 5.45. The van der Waals surface area contributed by atoms with Gasteiger partial charge in [0.25, 0.3) is 0 Å². The number of esters is 1. The van der Waals surface area contributed by atoms with E-state index in [-0.39, 0.29) is 38.3 Å². The van der Waals surface area contributed by atoms with E-state index in [1.54, 1.807) is 0 Å². The second kappa shape index (κ2) is 37.3. The minimum atomic E-state index is -4.30. The van der Waals surface area contributed by atoms with Crippen LogP contribution in [0.4, 0.5) is 0 Å². The average molecular weight is 787 g/mol. The maximum absolute atomic E-state index is 12.7. The van der Waals surface area contributed by atoms with Crippen molar-refractivity contribution < 1.29 is 42.4 Å². The fraction of sp³-hybridized carbons (Fsp3) is 0.841. The molecule has 3 unspecified atom stereocenters. The SMILES string of the molecule is CCCCCCCCCCCCCCCCOCC(COP(=O)(O)OCC[N+](C)(C)C)OC(=O)CCC/C=C\C/C=C\C=C/C(O)CCCCCCCC. The summed E-state index contributed by atoms with van der Waals surface area (Å²) in [6, 6.07) is 0. The summed E-state index contributed by atoms with van der Waals surface area (Å²) in [5.41, 5.74) is 0. The Bertz CT molecular complexity index is 980. The monoisotopic (exact) mass is 787 g/mol. The van der Waals surface area contributed by atoms with Crippen LogP contribution in [0.15, 0.2) is 36.5 Å². The van der Waals surface area contributed by atoms with Gasteiger partial charge in [-0.05, 0) is 32.1 Å². The zero-order valence-corrected chi connectivity index (χ0v) is 36.5. The Hall–Kier alpha value is -1.32. The summed E-state index contributed by atoms with van der Waals surface area (Å²) in [5.74, 6) is -0.389. The number of carbonyl (C=O) groups is 1. The van der Waals surface area contributed by atoms with Crippen molar-refractivity contribution in [3.05, 3.63) is 36.5 Å². The summed E-state index contributed by atoms with van der Waals surface area (Å²) >= 11 is 0. The molecule has 0 heterocycles. The zero-order chi connectivity index (χ0) is 40.0. The molecule has 0 aliphatic heterocycles. The molecular weight excluding hydrogens is 701 g/mol. The van der Waals surface area contributed by atoms with Gasteiger partial charge in [0.05, 0.1) is 40.5 Å². The molecule has 3 atom stereocenters. The molecule has 0 spiro atoms. The second-order valence-electron chi connectivity index (χ2n) is 15.9. The fourth-order valence-corrected chi connectivity index (χ4v) is 6.60. The number of phosphoric acid groups is 1. The van der Waals surface area contributed by atoms with Crippen LogP contribution in [-0.4, -0.2) is 86.8 Å². The van der Waals surface area contributed by atoms with Gasteiger partial charge in [-0.25, -0.2) is 4.57 Å². The van der Waals surface area contributed by atoms with E-state index in [0.29, 0.717) is 24.1 Å². The lowest BCUT2D eigenvalue weighted by Crippen LogP contribution is -2.37. The van der Waals surface area contributed by atoms with Crippen LogP contribution in [0, 0.1) is 0 Å². The number of ether oxygens (including phenoxy) is 2. The maximum atomic E-state index is 12.7. The van der Waals surface area contributed by atoms with Gasteiger partial charge in [0.1, 0.15) is 19.3 Å². The average Bonchev–Trinajstić information content (AvgIpc) is 3.11. The summed E-state index contributed by atoms with van der Waals surface area (Å²) in [7, 11) is 1.60. The minimum Gasteiger partial charge on any atom is -0.457 e. The van der Waals surface area contributed by atoms with Crippen LogP contribution in [0.5, 0.6) is 0 Å². The first-order chi connectivity index (χ1) is 26.0. The number of rotatable bonds is 40. The van der Waals surface area contributed by atoms with Gasteiger partial charge in [-0.3, -0.25) is 13.8 Å². The number of unbranched alkanes of at least 4 members (excludes halogenated alkanes) is 19. The van der Waals surface area contributed by atoms with Gasteiger partial charge in [0, 0.05) is 13.0 Å². The van der Waals surface area contributed by atoms with Gasteiger partial charge in [0.2, 0.25) is 0 Å². The van der Waals surface area contributed by atoms with Crippen molar-refractivity contribution in [2.45, 2.75) is 187 Å². The molecule has 10 heteroatoms. The van der Waals surface area contributed by atoms with Crippen molar-refractivity contribution in [3.63, 3.8) is 0 Å². The quantitative estimate of drug-likeness (QED) is 0.0158. The highest BCUT2D eigenvalue weighted by Crippen LogP contribution is 2.43. The fourth-order valence-electron chi connectivity index (χ4n) is 5.86. The minimum absolute atomic E-state index is 0.0692. The molecule has 0 amide bonds. The molecule has 0 aromatic rings. The predicted molar refractivity (Wildman–Crippen MR) is 226 cm³/mol. The van der Waals surface area contributed by atoms with Gasteiger partial charge in [-0.1, -0.05) is 172 Å². The predicted octanol–water partition coefficient (Wildman–Crippen LogP) is 11.6. The van der Waals surface area contributed by atoms with E-state index in [9.17, 15) is 19.4 Å². The van der Waals surface area contributed by atoms with Gasteiger partial charge in [-0.2, -0.15) is 0 Å². The van der Waals surface area contributed by atoms with E-state index < -0.39 is 13.9 Å². The molecule has 0 saturated heterocycles. The topological polar surface area (TPSA) is 112 Å². The zero-order valence-electron chi connectivity index (χ0n) is 35.6. The van der Waals surface area contributed by atoms with Crippen molar-refractivity contribution >= 4 is 13.8 Å². The van der Waals surface area contributed by atoms with E-state index in [4.69, 9.17) is 18.5 Å². The van der Waals surface area contributed by atoms with Crippen LogP contribution in [0.1, 0.15) is 174 Å². The molecule has 0 aromatic heterocycles. The molecule has 0 aliphatic rings. The van der Waals surface area contributed by atoms with Crippen molar-refractivity contribution in [1.82, 2.24) is 0 Å². The molecule has 54 heavy (non-hydrogen) atoms. The molecule has 0 aromatic carbocycles. The third kappa shape index (κ3) is 40.3. The van der Waals surface area contributed by atoms with Crippen LogP contribution >= 0.6 is 7.82 Å². The highest BCUT2D eigenvalue weighted by atomic mass is 31.2. The number of hydrogen-bond donors (Lipinski definition) is 2. The number of aliphatic hydroxyl groups is 1. The number of allylic oxidation sites excluding steroid dienone is 5. The summed E-state index contributed by atoms with van der Waals surface area (Å²) < 4.78 is 34.9. The van der Waals surface area contributed by atoms with Gasteiger partial charge < -0.3 is 24.0 Å². The van der Waals surface area contributed by atoms with E-state index in [1.807, 2.05) is 51.5 Å². The normalized spacial score (nSPS) is 14.7. The van der Waals surface area contributed by atoms with Crippen LogP contribution in [0.2, 0.25) is 0 Å². The Kier molecular flexibility index (Phi) is 36.4. The molecule has 0 bridgehead atoms. The number of aliphatic hydroxyl groups excluding tert-OH is 1. The van der Waals surface area contributed by atoms with Gasteiger partial charge >= 0.3 is 13.8 Å². The molecule has 0 fully saturated rings. The number of nitrogens with zero attached hydrogens (tertiary/aromatic N) is 1. The number of likely N-dealkylation sites (N-methyl/N-ethyl adjacent to an activating group) is 1. The summed E-state index contributed by atoms with van der Waals surface area (Å²) in [6.07, 6.45) is 39.2. The van der Waals surface area contributed by atoms with Gasteiger partial charge in [-0.15, -0.1) is 0 Å². The molecule has 0 radical (unpaired) electrons. The first-order valence-electron chi connectivity index (χ1n) is 21.8. The Morgan fingerprint density at radius 3 is 1.80 bits per heavy atom. The third-order valence-electron chi connectivity index (χ3n) is 9.31. The van der Waals surface area contributed by atoms with Crippen molar-refractivity contribution in [2.24, 2.45) is 0 Å². The highest BCUT2D eigenvalue weighted by Gasteiger charge is 2.26. The summed E-state index contributed by atoms with van der Waals surface area (Å²) in [4.78, 5) is 22.8. The molecule has 318 valence electrons. The standard InChI is InChI=1S/C44H84NO8P/c1-6-8-10-12-14-15-16-17-18-19-22-25-29-33-38-50-40-43(41-52-54(48,49)51-39-37-45(3,4)5)53-44(47)36-32-28-24-21-20-23-27-31-35-42(46)34-30-26-13-11-9-7-2/h21,23-24,27,31,35,42-43,46H,6-20,22,25-26,28-30,32-34,36-41H2,1-5H3/p+1/b24-21-,27-23-,35-31-. The molecule has 9 nitrogen and oxygen atoms in total. The van der Waals surface area contributed by atoms with Crippen molar-refractivity contribution in [1.29, 1.82) is 0 Å². The van der Waals surface area contributed by atoms with E-state index in [2.05, 4.69) is 19.9 Å². The number of phosphoric ester groups is 1. The molecule has 0 saturated carbocycles. The van der Waals surface area contributed by atoms with Crippen LogP contribution in [0.3, 0.4) is 0 Å². The third-order valence-corrected chi connectivity index (χ3v) is 10.3. The lowest BCUT2D eigenvalue weighted by Gasteiger charge is -2.24. The van der Waals surface area contributed by atoms with E-state index in [0.717, 1.165) is 38.5 Å². The lowest BCUT2D eigenvalue weighted by atomic mass is 10.0. The van der Waals surface area contributed by atoms with Crippen molar-refractivity contribution in [2.75, 3.05) is 54.1 Å². The molecular formula is C44H85NO8P+. The Morgan fingerprint density at radius 1 is 0.667 bits per heavy atom. The van der Waals surface area contributed by atoms with Gasteiger partial charge in [0.15, 0.2) is 0 Å². The van der Waals surface area contributed by atoms with E-state index >= 15 is 0 Å². The molecule has 0 rings (SSSR count). The largest absolute Gasteiger partial charge is 0.472 e. The first-order valence-corrected chi connectivity index (χ1v) is 23.3. The van der Waals surface area contributed by atoms with Crippen LogP contribution in [0.25, 0.3) is 0 Å². The Labute approximate surface area is 332 Å². The Morgan fingerprint density at radius 2 is 1.22 bits per heavy atom. The Balaban J connectivity index is 4.39. The molecule has 2 N–H and O–H groups in total. The molecule has 0 aliphatic carbocycles. The number of carbonyl (C=O) groups excluding carboxylic acids is 1. The highest BCUT2D eigenvalue weighted by molar-refractivity contribution is 7.47. The maximum Gasteiger partial charge on any atom is 0.472 e. The smallest absolute Gasteiger partial charge is 0.457 e. The summed E-state index contributed by atoms with van der Waals surface area (Å²) in [5, 5.41) is 10.1. The first kappa shape index (κ1) is 52.7. The van der Waals surface area contributed by atoms with E-state index in [1.165, 1.54) is 109 Å². The number of quaternary nitrogens is 1.